The van der Waals surface area contributed by atoms with Gasteiger partial charge in [-0.3, -0.25) is 4.79 Å². The Morgan fingerprint density at radius 2 is 2.09 bits per heavy atom. The number of sulfone groups is 1. The molecule has 9 nitrogen and oxygen atoms in total. The molecule has 1 aliphatic rings. The van der Waals surface area contributed by atoms with Crippen molar-refractivity contribution in [1.29, 1.82) is 5.26 Å². The number of rotatable bonds is 5. The van der Waals surface area contributed by atoms with Crippen LogP contribution in [0.5, 0.6) is 5.75 Å². The van der Waals surface area contributed by atoms with Gasteiger partial charge >= 0.3 is 0 Å². The van der Waals surface area contributed by atoms with Gasteiger partial charge in [-0.05, 0) is 55.3 Å². The van der Waals surface area contributed by atoms with Crippen LogP contribution < -0.4 is 10.1 Å². The van der Waals surface area contributed by atoms with Gasteiger partial charge in [0.1, 0.15) is 17.4 Å². The molecule has 1 atom stereocenters. The highest BCUT2D eigenvalue weighted by Gasteiger charge is 2.31. The van der Waals surface area contributed by atoms with E-state index in [0.29, 0.717) is 34.8 Å². The van der Waals surface area contributed by atoms with E-state index in [4.69, 9.17) is 4.74 Å². The number of nitrogens with one attached hydrogen (secondary N) is 1. The molecule has 0 aliphatic carbocycles. The van der Waals surface area contributed by atoms with Crippen molar-refractivity contribution < 1.29 is 17.9 Å². The number of carbonyl (C=O) groups is 1. The van der Waals surface area contributed by atoms with Crippen LogP contribution in [0.25, 0.3) is 17.1 Å². The molecule has 3 aromatic rings. The van der Waals surface area contributed by atoms with Crippen LogP contribution >= 0.6 is 0 Å². The third kappa shape index (κ3) is 4.33. The zero-order chi connectivity index (χ0) is 22.9. The van der Waals surface area contributed by atoms with Gasteiger partial charge in [0.2, 0.25) is 0 Å². The minimum absolute atomic E-state index is 0.0522. The second-order valence-electron chi connectivity index (χ2n) is 7.58. The third-order valence-corrected chi connectivity index (χ3v) is 7.08. The first-order valence-corrected chi connectivity index (χ1v) is 11.7. The Balaban J connectivity index is 1.60. The average Bonchev–Trinajstić information content (AvgIpc) is 3.31. The van der Waals surface area contributed by atoms with Crippen molar-refractivity contribution in [2.24, 2.45) is 0 Å². The Morgan fingerprint density at radius 3 is 2.72 bits per heavy atom. The molecule has 1 aromatic carbocycles. The summed E-state index contributed by atoms with van der Waals surface area (Å²) in [6.45, 7) is 1.82. The number of methoxy groups -OCH3 is 1. The lowest BCUT2D eigenvalue weighted by molar-refractivity contribution is -0.112. The summed E-state index contributed by atoms with van der Waals surface area (Å²) in [6.07, 6.45) is 3.51. The number of amides is 1. The van der Waals surface area contributed by atoms with Crippen molar-refractivity contribution in [1.82, 2.24) is 14.8 Å². The summed E-state index contributed by atoms with van der Waals surface area (Å²) in [6, 6.07) is 10.3. The summed E-state index contributed by atoms with van der Waals surface area (Å²) < 4.78 is 30.5. The van der Waals surface area contributed by atoms with Crippen LogP contribution in [0, 0.1) is 18.3 Å². The van der Waals surface area contributed by atoms with E-state index in [1.54, 1.807) is 48.3 Å². The van der Waals surface area contributed by atoms with Crippen molar-refractivity contribution in [3.63, 3.8) is 0 Å². The Kier molecular flexibility index (Phi) is 5.67. The number of benzene rings is 1. The van der Waals surface area contributed by atoms with E-state index in [1.165, 1.54) is 6.08 Å². The molecule has 1 unspecified atom stereocenters. The smallest absolute Gasteiger partial charge is 0.266 e. The Morgan fingerprint density at radius 1 is 1.34 bits per heavy atom. The molecule has 32 heavy (non-hydrogen) atoms. The molecule has 164 valence electrons. The van der Waals surface area contributed by atoms with Crippen molar-refractivity contribution in [2.45, 2.75) is 19.4 Å². The lowest BCUT2D eigenvalue weighted by Gasteiger charge is -2.09. The van der Waals surface area contributed by atoms with Gasteiger partial charge in [-0.1, -0.05) is 0 Å². The van der Waals surface area contributed by atoms with Crippen LogP contribution in [0.4, 0.5) is 5.69 Å². The lowest BCUT2D eigenvalue weighted by atomic mass is 10.1. The molecule has 3 heterocycles. The van der Waals surface area contributed by atoms with Crippen LogP contribution in [0.15, 0.2) is 42.1 Å². The molecule has 0 bridgehead atoms. The maximum atomic E-state index is 12.5. The van der Waals surface area contributed by atoms with Gasteiger partial charge in [0.05, 0.1) is 30.4 Å². The van der Waals surface area contributed by atoms with Crippen LogP contribution in [0.3, 0.4) is 0 Å². The van der Waals surface area contributed by atoms with Crippen molar-refractivity contribution in [3.05, 3.63) is 53.4 Å². The molecule has 4 rings (SSSR count). The molecule has 1 amide bonds. The molecule has 1 fully saturated rings. The Hall–Kier alpha value is -3.71. The molecular formula is C22H21N5O4S. The number of hydrogen-bond acceptors (Lipinski definition) is 7. The summed E-state index contributed by atoms with van der Waals surface area (Å²) in [5, 5.41) is 17.4. The molecule has 1 saturated heterocycles. The number of carbonyl (C=O) groups excluding carboxylic acids is 1. The highest BCUT2D eigenvalue weighted by atomic mass is 32.2. The second-order valence-corrected chi connectivity index (χ2v) is 9.81. The van der Waals surface area contributed by atoms with Crippen LogP contribution in [-0.2, 0) is 14.6 Å². The lowest BCUT2D eigenvalue weighted by Crippen LogP contribution is -2.13. The standard InChI is InChI=1S/C22H21N5O4S/c1-14-20-10-15(12-24-21(20)27(26-14)18-7-8-32(29,30)13-18)9-16(11-23)22(28)25-17-3-5-19(31-2)6-4-17/h3-6,9-10,12,18H,7-8,13H2,1-2H3,(H,25,28)/b16-9+. The first-order valence-electron chi connectivity index (χ1n) is 9.92. The molecular weight excluding hydrogens is 430 g/mol. The first-order chi connectivity index (χ1) is 15.3. The van der Waals surface area contributed by atoms with Gasteiger partial charge in [-0.25, -0.2) is 18.1 Å². The van der Waals surface area contributed by atoms with Gasteiger partial charge in [0.15, 0.2) is 15.5 Å². The molecule has 2 aromatic heterocycles. The van der Waals surface area contributed by atoms with E-state index in [0.717, 1.165) is 5.39 Å². The van der Waals surface area contributed by atoms with Gasteiger partial charge in [-0.15, -0.1) is 0 Å². The maximum absolute atomic E-state index is 12.5. The maximum Gasteiger partial charge on any atom is 0.266 e. The third-order valence-electron chi connectivity index (χ3n) is 5.33. The molecule has 1 N–H and O–H groups in total. The van der Waals surface area contributed by atoms with E-state index in [-0.39, 0.29) is 23.1 Å². The minimum Gasteiger partial charge on any atom is -0.497 e. The zero-order valence-corrected chi connectivity index (χ0v) is 18.4. The number of hydrogen-bond donors (Lipinski definition) is 1. The SMILES string of the molecule is COc1ccc(NC(=O)/C(C#N)=C/c2cnc3c(c2)c(C)nn3C2CCS(=O)(=O)C2)cc1. The fraction of sp³-hybridized carbons (Fsp3) is 0.273. The second kappa shape index (κ2) is 8.43. The number of nitriles is 1. The highest BCUT2D eigenvalue weighted by molar-refractivity contribution is 7.91. The summed E-state index contributed by atoms with van der Waals surface area (Å²) in [5.74, 6) is 0.315. The normalized spacial score (nSPS) is 17.8. The van der Waals surface area contributed by atoms with Crippen molar-refractivity contribution >= 4 is 38.5 Å². The predicted molar refractivity (Wildman–Crippen MR) is 120 cm³/mol. The topological polar surface area (TPSA) is 127 Å². The minimum atomic E-state index is -3.06. The van der Waals surface area contributed by atoms with Gasteiger partial charge in [-0.2, -0.15) is 10.4 Å². The van der Waals surface area contributed by atoms with E-state index in [9.17, 15) is 18.5 Å². The zero-order valence-electron chi connectivity index (χ0n) is 17.6. The molecule has 1 aliphatic heterocycles. The number of aromatic nitrogens is 3. The van der Waals surface area contributed by atoms with E-state index in [1.807, 2.05) is 13.0 Å². The van der Waals surface area contributed by atoms with Crippen molar-refractivity contribution in [3.8, 4) is 11.8 Å². The monoisotopic (exact) mass is 451 g/mol. The number of pyridine rings is 1. The number of nitrogens with zero attached hydrogens (tertiary/aromatic N) is 4. The summed E-state index contributed by atoms with van der Waals surface area (Å²) >= 11 is 0. The van der Waals surface area contributed by atoms with Crippen LogP contribution in [-0.4, -0.2) is 47.7 Å². The van der Waals surface area contributed by atoms with Gasteiger partial charge in [0, 0.05) is 17.3 Å². The number of anilines is 1. The molecule has 10 heteroatoms. The summed E-state index contributed by atoms with van der Waals surface area (Å²) in [7, 11) is -1.50. The highest BCUT2D eigenvalue weighted by Crippen LogP contribution is 2.28. The van der Waals surface area contributed by atoms with Crippen molar-refractivity contribution in [2.75, 3.05) is 23.9 Å². The summed E-state index contributed by atoms with van der Waals surface area (Å²) in [5.41, 5.74) is 2.32. The predicted octanol–water partition coefficient (Wildman–Crippen LogP) is 2.65. The fourth-order valence-corrected chi connectivity index (χ4v) is 5.37. The number of aryl methyl sites for hydroxylation is 1. The molecule has 0 saturated carbocycles. The summed E-state index contributed by atoms with van der Waals surface area (Å²) in [4.78, 5) is 17.0. The largest absolute Gasteiger partial charge is 0.497 e. The van der Waals surface area contributed by atoms with E-state index >= 15 is 0 Å². The fourth-order valence-electron chi connectivity index (χ4n) is 3.68. The quantitative estimate of drug-likeness (QED) is 0.467. The Labute approximate surface area is 185 Å². The average molecular weight is 452 g/mol. The molecule has 0 radical (unpaired) electrons. The van der Waals surface area contributed by atoms with E-state index < -0.39 is 15.7 Å². The molecule has 0 spiro atoms. The number of fused-ring (bicyclic) bond motifs is 1. The van der Waals surface area contributed by atoms with Crippen LogP contribution in [0.1, 0.15) is 23.7 Å². The Bertz CT molecular complexity index is 1370. The first kappa shape index (κ1) is 21.5. The van der Waals surface area contributed by atoms with Crippen LogP contribution in [0.2, 0.25) is 0 Å². The number of ether oxygens (including phenoxy) is 1. The van der Waals surface area contributed by atoms with Gasteiger partial charge < -0.3 is 10.1 Å². The van der Waals surface area contributed by atoms with E-state index in [2.05, 4.69) is 15.4 Å². The van der Waals surface area contributed by atoms with Gasteiger partial charge in [0.25, 0.3) is 5.91 Å².